The number of fused-ring (bicyclic) bond motifs is 8. The molecule has 0 spiro atoms. The van der Waals surface area contributed by atoms with Gasteiger partial charge in [-0.1, -0.05) is 103 Å². The molecule has 0 unspecified atom stereocenters. The van der Waals surface area contributed by atoms with Crippen molar-refractivity contribution in [2.24, 2.45) is 0 Å². The van der Waals surface area contributed by atoms with E-state index in [1.165, 1.54) is 69.9 Å². The van der Waals surface area contributed by atoms with Crippen LogP contribution in [0.4, 0.5) is 0 Å². The summed E-state index contributed by atoms with van der Waals surface area (Å²) in [6.07, 6.45) is 0. The lowest BCUT2D eigenvalue weighted by Gasteiger charge is -2.18. The molecular formula is C38H22OS. The van der Waals surface area contributed by atoms with Gasteiger partial charge in [-0.3, -0.25) is 0 Å². The number of benzene rings is 7. The predicted octanol–water partition coefficient (Wildman–Crippen LogP) is 11.6. The van der Waals surface area contributed by atoms with Crippen molar-refractivity contribution in [1.29, 1.82) is 0 Å². The summed E-state index contributed by atoms with van der Waals surface area (Å²) < 4.78 is 7.96. The van der Waals surface area contributed by atoms with E-state index in [1.807, 2.05) is 0 Å². The van der Waals surface area contributed by atoms with Gasteiger partial charge in [0.15, 0.2) is 0 Å². The van der Waals surface area contributed by atoms with Crippen molar-refractivity contribution in [3.8, 4) is 22.3 Å². The van der Waals surface area contributed by atoms with E-state index in [0.29, 0.717) is 0 Å². The first-order valence-corrected chi connectivity index (χ1v) is 14.5. The largest absolute Gasteiger partial charge is 0.455 e. The van der Waals surface area contributed by atoms with Crippen LogP contribution in [0.3, 0.4) is 0 Å². The zero-order chi connectivity index (χ0) is 26.2. The molecule has 0 amide bonds. The lowest BCUT2D eigenvalue weighted by atomic mass is 9.85. The Balaban J connectivity index is 1.47. The van der Waals surface area contributed by atoms with Crippen molar-refractivity contribution in [2.45, 2.75) is 0 Å². The van der Waals surface area contributed by atoms with Crippen LogP contribution in [0.2, 0.25) is 0 Å². The minimum absolute atomic E-state index is 0.929. The van der Waals surface area contributed by atoms with Crippen LogP contribution in [0.15, 0.2) is 137 Å². The van der Waals surface area contributed by atoms with Crippen LogP contribution in [0.1, 0.15) is 0 Å². The summed E-state index contributed by atoms with van der Waals surface area (Å²) in [5.41, 5.74) is 6.78. The minimum Gasteiger partial charge on any atom is -0.455 e. The molecule has 9 rings (SSSR count). The van der Waals surface area contributed by atoms with Crippen LogP contribution >= 0.6 is 11.3 Å². The molecular weight excluding hydrogens is 504 g/mol. The Hall–Kier alpha value is -4.92. The quantitative estimate of drug-likeness (QED) is 0.204. The van der Waals surface area contributed by atoms with Gasteiger partial charge in [0.05, 0.1) is 0 Å². The third-order valence-electron chi connectivity index (χ3n) is 8.32. The van der Waals surface area contributed by atoms with E-state index in [4.69, 9.17) is 4.42 Å². The maximum absolute atomic E-state index is 6.68. The van der Waals surface area contributed by atoms with Crippen molar-refractivity contribution in [3.63, 3.8) is 0 Å². The monoisotopic (exact) mass is 526 g/mol. The van der Waals surface area contributed by atoms with Gasteiger partial charge in [0.1, 0.15) is 11.2 Å². The molecule has 2 aromatic heterocycles. The first-order chi connectivity index (χ1) is 19.8. The maximum atomic E-state index is 6.68. The molecule has 0 atom stereocenters. The molecule has 0 aliphatic rings. The summed E-state index contributed by atoms with van der Waals surface area (Å²) in [4.78, 5) is 0. The van der Waals surface area contributed by atoms with E-state index in [9.17, 15) is 0 Å². The third kappa shape index (κ3) is 3.03. The summed E-state index contributed by atoms with van der Waals surface area (Å²) in [5, 5.41) is 13.3. The van der Waals surface area contributed by atoms with Crippen molar-refractivity contribution in [2.75, 3.05) is 0 Å². The molecule has 40 heavy (non-hydrogen) atoms. The molecule has 0 bridgehead atoms. The Morgan fingerprint density at radius 3 is 1.85 bits per heavy atom. The second-order valence-corrected chi connectivity index (χ2v) is 11.4. The molecule has 0 fully saturated rings. The lowest BCUT2D eigenvalue weighted by Crippen LogP contribution is -1.91. The topological polar surface area (TPSA) is 13.1 Å². The highest BCUT2D eigenvalue weighted by Gasteiger charge is 2.22. The second kappa shape index (κ2) is 8.29. The smallest absolute Gasteiger partial charge is 0.143 e. The van der Waals surface area contributed by atoms with Crippen molar-refractivity contribution < 1.29 is 4.42 Å². The molecule has 0 aliphatic heterocycles. The fourth-order valence-electron chi connectivity index (χ4n) is 6.60. The Morgan fingerprint density at radius 1 is 0.475 bits per heavy atom. The first kappa shape index (κ1) is 22.0. The highest BCUT2D eigenvalue weighted by molar-refractivity contribution is 7.17. The Kier molecular flexibility index (Phi) is 4.55. The van der Waals surface area contributed by atoms with E-state index in [-0.39, 0.29) is 0 Å². The van der Waals surface area contributed by atoms with Gasteiger partial charge in [-0.2, -0.15) is 0 Å². The lowest BCUT2D eigenvalue weighted by molar-refractivity contribution is 0.670. The van der Waals surface area contributed by atoms with E-state index in [0.717, 1.165) is 16.7 Å². The zero-order valence-electron chi connectivity index (χ0n) is 21.5. The molecule has 0 radical (unpaired) electrons. The average molecular weight is 527 g/mol. The number of rotatable bonds is 2. The van der Waals surface area contributed by atoms with Gasteiger partial charge in [-0.05, 0) is 73.1 Å². The first-order valence-electron chi connectivity index (χ1n) is 13.6. The van der Waals surface area contributed by atoms with E-state index < -0.39 is 0 Å². The number of hydrogen-bond acceptors (Lipinski definition) is 2. The van der Waals surface area contributed by atoms with E-state index in [1.54, 1.807) is 11.3 Å². The van der Waals surface area contributed by atoms with E-state index >= 15 is 0 Å². The zero-order valence-corrected chi connectivity index (χ0v) is 22.3. The van der Waals surface area contributed by atoms with Gasteiger partial charge in [0, 0.05) is 32.0 Å². The van der Waals surface area contributed by atoms with Crippen LogP contribution in [0.5, 0.6) is 0 Å². The number of furan rings is 1. The fraction of sp³-hybridized carbons (Fsp3) is 0. The fourth-order valence-corrected chi connectivity index (χ4v) is 7.43. The van der Waals surface area contributed by atoms with Crippen LogP contribution in [-0.4, -0.2) is 0 Å². The van der Waals surface area contributed by atoms with Crippen molar-refractivity contribution in [3.05, 3.63) is 133 Å². The average Bonchev–Trinajstić information content (AvgIpc) is 3.64. The number of hydrogen-bond donors (Lipinski definition) is 0. The standard InChI is InChI=1S/C38H22OS/c1-2-10-24-21-25(18-17-23(24)9-1)35-26-11-3-5-13-28(26)36(29-14-6-4-12-27(29)35)32-22-34-31(19-20-40-34)37-30-15-7-8-16-33(30)39-38(32)37/h1-22H. The van der Waals surface area contributed by atoms with Crippen LogP contribution in [-0.2, 0) is 0 Å². The minimum atomic E-state index is 0.929. The third-order valence-corrected chi connectivity index (χ3v) is 9.18. The predicted molar refractivity (Wildman–Crippen MR) is 172 cm³/mol. The molecule has 1 nitrogen and oxygen atoms in total. The molecule has 0 saturated carbocycles. The maximum Gasteiger partial charge on any atom is 0.143 e. The molecule has 2 heterocycles. The molecule has 186 valence electrons. The van der Waals surface area contributed by atoms with E-state index in [2.05, 4.69) is 133 Å². The molecule has 0 saturated heterocycles. The van der Waals surface area contributed by atoms with Gasteiger partial charge in [-0.25, -0.2) is 0 Å². The van der Waals surface area contributed by atoms with Crippen LogP contribution < -0.4 is 0 Å². The molecule has 0 N–H and O–H groups in total. The Labute approximate surface area is 234 Å². The van der Waals surface area contributed by atoms with Crippen LogP contribution in [0, 0.1) is 0 Å². The summed E-state index contributed by atoms with van der Waals surface area (Å²) in [6, 6.07) is 46.1. The Morgan fingerprint density at radius 2 is 1.10 bits per heavy atom. The van der Waals surface area contributed by atoms with Gasteiger partial charge in [-0.15, -0.1) is 11.3 Å². The van der Waals surface area contributed by atoms with Gasteiger partial charge < -0.3 is 4.42 Å². The number of para-hydroxylation sites is 1. The van der Waals surface area contributed by atoms with Gasteiger partial charge in [0.2, 0.25) is 0 Å². The van der Waals surface area contributed by atoms with Gasteiger partial charge in [0.25, 0.3) is 0 Å². The summed E-state index contributed by atoms with van der Waals surface area (Å²) in [6.45, 7) is 0. The molecule has 9 aromatic rings. The highest BCUT2D eigenvalue weighted by atomic mass is 32.1. The molecule has 7 aromatic carbocycles. The molecule has 2 heteroatoms. The molecule has 0 aliphatic carbocycles. The highest BCUT2D eigenvalue weighted by Crippen LogP contribution is 2.48. The van der Waals surface area contributed by atoms with Crippen molar-refractivity contribution in [1.82, 2.24) is 0 Å². The summed E-state index contributed by atoms with van der Waals surface area (Å²) >= 11 is 1.79. The summed E-state index contributed by atoms with van der Waals surface area (Å²) in [5.74, 6) is 0. The normalized spacial score (nSPS) is 12.0. The summed E-state index contributed by atoms with van der Waals surface area (Å²) in [7, 11) is 0. The number of thiophene rings is 1. The SMILES string of the molecule is c1ccc2cc(-c3c4ccccc4c(-c4cc5sccc5c5c4oc4ccccc45)c4ccccc34)ccc2c1. The van der Waals surface area contributed by atoms with Crippen LogP contribution in [0.25, 0.3) is 86.6 Å². The van der Waals surface area contributed by atoms with Gasteiger partial charge >= 0.3 is 0 Å². The Bertz CT molecular complexity index is 2380. The van der Waals surface area contributed by atoms with Crippen molar-refractivity contribution >= 4 is 75.7 Å². The second-order valence-electron chi connectivity index (χ2n) is 10.5.